The van der Waals surface area contributed by atoms with Gasteiger partial charge >= 0.3 is 17.1 Å². The summed E-state index contributed by atoms with van der Waals surface area (Å²) in [5.41, 5.74) is 2.01. The van der Waals surface area contributed by atoms with Crippen molar-refractivity contribution in [2.75, 3.05) is 5.43 Å². The Hall–Kier alpha value is -2.83. The number of nitrogens with zero attached hydrogens (tertiary/aromatic N) is 1. The second-order valence-electron chi connectivity index (χ2n) is 3.83. The van der Waals surface area contributed by atoms with Crippen LogP contribution in [0.4, 0.5) is 5.69 Å². The van der Waals surface area contributed by atoms with Crippen LogP contribution in [-0.2, 0) is 0 Å². The van der Waals surface area contributed by atoms with Crippen LogP contribution in [0.1, 0.15) is 10.4 Å². The van der Waals surface area contributed by atoms with Crippen molar-refractivity contribution in [2.24, 2.45) is 0 Å². The van der Waals surface area contributed by atoms with Gasteiger partial charge in [0, 0.05) is 17.1 Å². The number of H-pyrrole nitrogens is 1. The Balaban J connectivity index is 2.15. The average molecular weight is 245 g/mol. The van der Waals surface area contributed by atoms with Crippen LogP contribution in [0.5, 0.6) is 0 Å². The number of carbonyl (C=O) groups is 1. The fraction of sp³-hybridized carbons (Fsp3) is 0. The fourth-order valence-electron chi connectivity index (χ4n) is 1.73. The van der Waals surface area contributed by atoms with E-state index in [1.54, 1.807) is 12.3 Å². The minimum absolute atomic E-state index is 0.00500. The Bertz CT molecular complexity index is 810. The minimum atomic E-state index is -1.14. The lowest BCUT2D eigenvalue weighted by atomic mass is 10.1. The summed E-state index contributed by atoms with van der Waals surface area (Å²) in [6.07, 6.45) is 1.67. The second kappa shape index (κ2) is 3.33. The molecule has 0 aliphatic rings. The van der Waals surface area contributed by atoms with Gasteiger partial charge in [-0.2, -0.15) is 4.68 Å². The van der Waals surface area contributed by atoms with Crippen molar-refractivity contribution in [3.8, 4) is 0 Å². The molecule has 2 heterocycles. The first-order valence-corrected chi connectivity index (χ1v) is 5.07. The van der Waals surface area contributed by atoms with Gasteiger partial charge in [0.05, 0.1) is 11.3 Å². The van der Waals surface area contributed by atoms with Crippen molar-refractivity contribution in [1.82, 2.24) is 9.66 Å². The van der Waals surface area contributed by atoms with Crippen molar-refractivity contribution < 1.29 is 9.90 Å². The molecule has 0 spiro atoms. The highest BCUT2D eigenvalue weighted by Crippen LogP contribution is 2.23. The number of aromatic amines is 1. The highest BCUT2D eigenvalue weighted by atomic mass is 16.4. The quantitative estimate of drug-likeness (QED) is 0.569. The van der Waals surface area contributed by atoms with E-state index in [-0.39, 0.29) is 11.3 Å². The van der Waals surface area contributed by atoms with E-state index < -0.39 is 17.1 Å². The number of anilines is 1. The molecule has 0 saturated carbocycles. The molecule has 1 aromatic carbocycles. The standard InChI is InChI=1S/C11H7N3O4/c15-9-10(16)14(9)13-8-4-7-5(1-2-12-7)3-6(8)11(17)18/h1-4,12-13H,(H,17,18). The summed E-state index contributed by atoms with van der Waals surface area (Å²) in [4.78, 5) is 35.8. The van der Waals surface area contributed by atoms with Crippen molar-refractivity contribution in [1.29, 1.82) is 0 Å². The maximum Gasteiger partial charge on any atom is 0.340 e. The van der Waals surface area contributed by atoms with Gasteiger partial charge < -0.3 is 10.1 Å². The van der Waals surface area contributed by atoms with Crippen LogP contribution in [0.3, 0.4) is 0 Å². The summed E-state index contributed by atoms with van der Waals surface area (Å²) in [6.45, 7) is 0. The van der Waals surface area contributed by atoms with E-state index >= 15 is 0 Å². The summed E-state index contributed by atoms with van der Waals surface area (Å²) < 4.78 is 0.760. The third kappa shape index (κ3) is 1.41. The van der Waals surface area contributed by atoms with Gasteiger partial charge in [-0.1, -0.05) is 0 Å². The molecule has 18 heavy (non-hydrogen) atoms. The number of hydrogen-bond acceptors (Lipinski definition) is 4. The number of fused-ring (bicyclic) bond motifs is 1. The first-order chi connectivity index (χ1) is 8.58. The number of carboxylic acid groups (broad SMARTS) is 1. The summed E-state index contributed by atoms with van der Waals surface area (Å²) in [6, 6.07) is 4.74. The lowest BCUT2D eigenvalue weighted by Crippen LogP contribution is -2.11. The van der Waals surface area contributed by atoms with E-state index in [0.29, 0.717) is 5.52 Å². The largest absolute Gasteiger partial charge is 0.478 e. The predicted molar refractivity (Wildman–Crippen MR) is 63.6 cm³/mol. The fourth-order valence-corrected chi connectivity index (χ4v) is 1.73. The van der Waals surface area contributed by atoms with Gasteiger partial charge in [0.15, 0.2) is 0 Å². The van der Waals surface area contributed by atoms with Crippen LogP contribution < -0.4 is 16.5 Å². The molecule has 90 valence electrons. The first-order valence-electron chi connectivity index (χ1n) is 5.07. The molecular weight excluding hydrogens is 238 g/mol. The highest BCUT2D eigenvalue weighted by molar-refractivity contribution is 6.00. The SMILES string of the molecule is O=C(O)c1cc2cc[nH]c2cc1Nn1c(=O)c1=O. The van der Waals surface area contributed by atoms with E-state index in [2.05, 4.69) is 10.4 Å². The lowest BCUT2D eigenvalue weighted by Gasteiger charge is -2.06. The Morgan fingerprint density at radius 2 is 2.00 bits per heavy atom. The second-order valence-corrected chi connectivity index (χ2v) is 3.83. The van der Waals surface area contributed by atoms with Crippen molar-refractivity contribution in [3.63, 3.8) is 0 Å². The number of rotatable bonds is 3. The summed E-state index contributed by atoms with van der Waals surface area (Å²) >= 11 is 0. The molecule has 0 saturated heterocycles. The Morgan fingerprint density at radius 1 is 1.28 bits per heavy atom. The molecule has 0 atom stereocenters. The van der Waals surface area contributed by atoms with Gasteiger partial charge in [-0.3, -0.25) is 15.0 Å². The van der Waals surface area contributed by atoms with Crippen LogP contribution >= 0.6 is 0 Å². The zero-order chi connectivity index (χ0) is 12.9. The maximum absolute atomic E-state index is 11.1. The molecule has 0 fully saturated rings. The molecule has 0 aliphatic heterocycles. The van der Waals surface area contributed by atoms with Gasteiger partial charge in [0.2, 0.25) is 0 Å². The minimum Gasteiger partial charge on any atom is -0.478 e. The molecule has 0 radical (unpaired) electrons. The third-order valence-electron chi connectivity index (χ3n) is 2.69. The van der Waals surface area contributed by atoms with Gasteiger partial charge in [-0.15, -0.1) is 0 Å². The topological polar surface area (TPSA) is 104 Å². The van der Waals surface area contributed by atoms with Gasteiger partial charge in [-0.05, 0) is 18.2 Å². The molecular formula is C11H7N3O4. The molecule has 0 amide bonds. The molecule has 3 aromatic rings. The predicted octanol–water partition coefficient (Wildman–Crippen LogP) is 0.139. The van der Waals surface area contributed by atoms with Gasteiger partial charge in [0.25, 0.3) is 0 Å². The average Bonchev–Trinajstić information content (AvgIpc) is 2.79. The van der Waals surface area contributed by atoms with Crippen molar-refractivity contribution >= 4 is 22.6 Å². The van der Waals surface area contributed by atoms with E-state index in [0.717, 1.165) is 10.1 Å². The number of benzene rings is 1. The van der Waals surface area contributed by atoms with Gasteiger partial charge in [0.1, 0.15) is 0 Å². The Kier molecular flexibility index (Phi) is 1.91. The van der Waals surface area contributed by atoms with Crippen LogP contribution in [0, 0.1) is 0 Å². The van der Waals surface area contributed by atoms with E-state index in [1.807, 2.05) is 0 Å². The van der Waals surface area contributed by atoms with Gasteiger partial charge in [-0.25, -0.2) is 4.79 Å². The summed E-state index contributed by atoms with van der Waals surface area (Å²) in [7, 11) is 0. The van der Waals surface area contributed by atoms with Crippen molar-refractivity contribution in [3.05, 3.63) is 50.7 Å². The number of carboxylic acids is 1. The number of hydrogen-bond donors (Lipinski definition) is 3. The molecule has 7 nitrogen and oxygen atoms in total. The molecule has 0 aliphatic carbocycles. The van der Waals surface area contributed by atoms with E-state index in [1.165, 1.54) is 12.1 Å². The summed E-state index contributed by atoms with van der Waals surface area (Å²) in [5, 5.41) is 9.83. The molecule has 3 rings (SSSR count). The van der Waals surface area contributed by atoms with Crippen LogP contribution in [0.2, 0.25) is 0 Å². The van der Waals surface area contributed by atoms with Crippen LogP contribution in [0.25, 0.3) is 10.9 Å². The zero-order valence-electron chi connectivity index (χ0n) is 8.93. The van der Waals surface area contributed by atoms with E-state index in [9.17, 15) is 14.4 Å². The zero-order valence-corrected chi connectivity index (χ0v) is 8.93. The van der Waals surface area contributed by atoms with Crippen LogP contribution in [0.15, 0.2) is 34.0 Å². The smallest absolute Gasteiger partial charge is 0.340 e. The first kappa shape index (κ1) is 10.3. The number of aromatic carboxylic acids is 1. The Morgan fingerprint density at radius 3 is 2.61 bits per heavy atom. The molecule has 3 N–H and O–H groups in total. The molecule has 7 heteroatoms. The normalized spacial score (nSPS) is 11.1. The third-order valence-corrected chi connectivity index (χ3v) is 2.69. The highest BCUT2D eigenvalue weighted by Gasteiger charge is 2.19. The maximum atomic E-state index is 11.1. The van der Waals surface area contributed by atoms with E-state index in [4.69, 9.17) is 5.11 Å². The summed E-state index contributed by atoms with van der Waals surface area (Å²) in [5.74, 6) is -1.14. The molecule has 0 bridgehead atoms. The number of nitrogens with one attached hydrogen (secondary N) is 2. The monoisotopic (exact) mass is 245 g/mol. The lowest BCUT2D eigenvalue weighted by molar-refractivity contribution is 0.0698. The molecule has 2 aromatic heterocycles. The van der Waals surface area contributed by atoms with Crippen molar-refractivity contribution in [2.45, 2.75) is 0 Å². The molecule has 0 unspecified atom stereocenters. The number of aromatic nitrogens is 2. The Labute approximate surface area is 98.9 Å². The van der Waals surface area contributed by atoms with Crippen LogP contribution in [-0.4, -0.2) is 20.7 Å².